The summed E-state index contributed by atoms with van der Waals surface area (Å²) in [5.74, 6) is 0.540. The standard InChI is InChI=1S/C25H22F3N3O3S/c1-16-14-19(10-13-21(16)34-2)22-23(18-8-11-20(12-9-18)35(29,32)33)30-31(24(22)25(26,27)28)15-17-6-4-3-5-7-17/h3-14H,15H2,1-2H3,(H2,29,32,33). The van der Waals surface area contributed by atoms with Gasteiger partial charge in [0.05, 0.1) is 18.6 Å². The molecular formula is C25H22F3N3O3S. The van der Waals surface area contributed by atoms with Crippen molar-refractivity contribution in [3.63, 3.8) is 0 Å². The minimum Gasteiger partial charge on any atom is -0.496 e. The van der Waals surface area contributed by atoms with Crippen LogP contribution in [0.15, 0.2) is 77.7 Å². The third-order valence-electron chi connectivity index (χ3n) is 5.54. The molecule has 0 unspecified atom stereocenters. The Bertz CT molecular complexity index is 1460. The Morgan fingerprint density at radius 3 is 2.14 bits per heavy atom. The number of sulfonamides is 1. The first-order valence-electron chi connectivity index (χ1n) is 10.5. The molecule has 0 spiro atoms. The summed E-state index contributed by atoms with van der Waals surface area (Å²) in [4.78, 5) is -0.150. The van der Waals surface area contributed by atoms with E-state index in [1.165, 1.54) is 31.4 Å². The molecule has 4 rings (SSSR count). The van der Waals surface area contributed by atoms with Crippen LogP contribution in [0.4, 0.5) is 13.2 Å². The quantitative estimate of drug-likeness (QED) is 0.391. The Hall–Kier alpha value is -3.63. The van der Waals surface area contributed by atoms with E-state index in [0.29, 0.717) is 28.0 Å². The molecule has 0 bridgehead atoms. The molecule has 0 aliphatic heterocycles. The van der Waals surface area contributed by atoms with E-state index in [1.54, 1.807) is 55.5 Å². The second kappa shape index (κ2) is 9.20. The Labute approximate surface area is 200 Å². The van der Waals surface area contributed by atoms with Gasteiger partial charge in [0.25, 0.3) is 0 Å². The van der Waals surface area contributed by atoms with Crippen LogP contribution in [0.5, 0.6) is 5.75 Å². The maximum Gasteiger partial charge on any atom is 0.433 e. The van der Waals surface area contributed by atoms with Crippen molar-refractivity contribution in [2.75, 3.05) is 7.11 Å². The lowest BCUT2D eigenvalue weighted by molar-refractivity contribution is -0.143. The number of primary sulfonamides is 1. The lowest BCUT2D eigenvalue weighted by atomic mass is 9.97. The van der Waals surface area contributed by atoms with Gasteiger partial charge in [-0.15, -0.1) is 0 Å². The Morgan fingerprint density at radius 1 is 0.971 bits per heavy atom. The van der Waals surface area contributed by atoms with Gasteiger partial charge >= 0.3 is 6.18 Å². The number of methoxy groups -OCH3 is 1. The third kappa shape index (κ3) is 5.08. The molecule has 4 aromatic rings. The van der Waals surface area contributed by atoms with Gasteiger partial charge in [-0.3, -0.25) is 4.68 Å². The maximum absolute atomic E-state index is 14.5. The van der Waals surface area contributed by atoms with Gasteiger partial charge in [0.15, 0.2) is 5.69 Å². The van der Waals surface area contributed by atoms with Crippen molar-refractivity contribution in [1.82, 2.24) is 9.78 Å². The summed E-state index contributed by atoms with van der Waals surface area (Å²) in [6.07, 6.45) is -4.72. The molecule has 1 heterocycles. The summed E-state index contributed by atoms with van der Waals surface area (Å²) < 4.78 is 73.1. The lowest BCUT2D eigenvalue weighted by Gasteiger charge is -2.14. The molecule has 0 saturated heterocycles. The maximum atomic E-state index is 14.5. The lowest BCUT2D eigenvalue weighted by Crippen LogP contribution is -2.16. The molecule has 0 amide bonds. The van der Waals surface area contributed by atoms with Crippen molar-refractivity contribution >= 4 is 10.0 Å². The van der Waals surface area contributed by atoms with Gasteiger partial charge in [0.2, 0.25) is 10.0 Å². The van der Waals surface area contributed by atoms with Crippen LogP contribution in [0.1, 0.15) is 16.8 Å². The number of ether oxygens (including phenoxy) is 1. The largest absolute Gasteiger partial charge is 0.496 e. The molecule has 10 heteroatoms. The van der Waals surface area contributed by atoms with Crippen molar-refractivity contribution in [3.05, 3.63) is 89.6 Å². The molecule has 0 aliphatic carbocycles. The minimum atomic E-state index is -4.72. The molecule has 0 radical (unpaired) electrons. The number of nitrogens with zero attached hydrogens (tertiary/aromatic N) is 2. The van der Waals surface area contributed by atoms with Crippen LogP contribution >= 0.6 is 0 Å². The molecule has 1 aromatic heterocycles. The van der Waals surface area contributed by atoms with E-state index in [1.807, 2.05) is 0 Å². The molecule has 0 atom stereocenters. The van der Waals surface area contributed by atoms with Crippen molar-refractivity contribution in [3.8, 4) is 28.1 Å². The van der Waals surface area contributed by atoms with E-state index in [2.05, 4.69) is 5.10 Å². The zero-order chi connectivity index (χ0) is 25.4. The van der Waals surface area contributed by atoms with Crippen molar-refractivity contribution in [1.29, 1.82) is 0 Å². The highest BCUT2D eigenvalue weighted by atomic mass is 32.2. The molecule has 182 valence electrons. The van der Waals surface area contributed by atoms with Crippen molar-refractivity contribution < 1.29 is 26.3 Å². The fourth-order valence-electron chi connectivity index (χ4n) is 3.93. The predicted molar refractivity (Wildman–Crippen MR) is 126 cm³/mol. The SMILES string of the molecule is COc1ccc(-c2c(-c3ccc(S(N)(=O)=O)cc3)nn(Cc3ccccc3)c2C(F)(F)F)cc1C. The minimum absolute atomic E-state index is 0.0683. The van der Waals surface area contributed by atoms with E-state index in [9.17, 15) is 21.6 Å². The summed E-state index contributed by atoms with van der Waals surface area (Å²) in [5.41, 5.74) is 0.981. The zero-order valence-corrected chi connectivity index (χ0v) is 19.7. The molecular weight excluding hydrogens is 479 g/mol. The van der Waals surface area contributed by atoms with E-state index in [-0.39, 0.29) is 22.7 Å². The van der Waals surface area contributed by atoms with Crippen molar-refractivity contribution in [2.45, 2.75) is 24.5 Å². The number of halogens is 3. The topological polar surface area (TPSA) is 87.2 Å². The van der Waals surface area contributed by atoms with Crippen LogP contribution < -0.4 is 9.88 Å². The summed E-state index contributed by atoms with van der Waals surface area (Å²) in [7, 11) is -2.48. The number of hydrogen-bond donors (Lipinski definition) is 1. The van der Waals surface area contributed by atoms with Crippen LogP contribution in [-0.2, 0) is 22.7 Å². The number of hydrogen-bond acceptors (Lipinski definition) is 4. The normalized spacial score (nSPS) is 12.1. The molecule has 0 saturated carbocycles. The van der Waals surface area contributed by atoms with Crippen LogP contribution in [-0.4, -0.2) is 25.3 Å². The van der Waals surface area contributed by atoms with Gasteiger partial charge < -0.3 is 4.74 Å². The number of nitrogens with two attached hydrogens (primary N) is 1. The highest BCUT2D eigenvalue weighted by Gasteiger charge is 2.40. The first-order chi connectivity index (χ1) is 16.5. The first-order valence-corrected chi connectivity index (χ1v) is 12.0. The van der Waals surface area contributed by atoms with Crippen LogP contribution in [0.2, 0.25) is 0 Å². The summed E-state index contributed by atoms with van der Waals surface area (Å²) in [6, 6.07) is 18.8. The average Bonchev–Trinajstić information content (AvgIpc) is 3.19. The van der Waals surface area contributed by atoms with E-state index in [4.69, 9.17) is 9.88 Å². The van der Waals surface area contributed by atoms with Gasteiger partial charge in [-0.25, -0.2) is 13.6 Å². The predicted octanol–water partition coefficient (Wildman–Crippen LogP) is 5.25. The van der Waals surface area contributed by atoms with E-state index < -0.39 is 21.9 Å². The zero-order valence-electron chi connectivity index (χ0n) is 18.9. The van der Waals surface area contributed by atoms with E-state index in [0.717, 1.165) is 4.68 Å². The number of alkyl halides is 3. The molecule has 0 aliphatic rings. The third-order valence-corrected chi connectivity index (χ3v) is 6.47. The Balaban J connectivity index is 1.99. The smallest absolute Gasteiger partial charge is 0.433 e. The van der Waals surface area contributed by atoms with Gasteiger partial charge in [-0.1, -0.05) is 48.5 Å². The summed E-state index contributed by atoms with van der Waals surface area (Å²) in [6.45, 7) is 1.64. The molecule has 3 aromatic carbocycles. The highest BCUT2D eigenvalue weighted by Crippen LogP contribution is 2.43. The van der Waals surface area contributed by atoms with Crippen molar-refractivity contribution in [2.24, 2.45) is 5.14 Å². The molecule has 35 heavy (non-hydrogen) atoms. The number of aryl methyl sites for hydroxylation is 1. The van der Waals surface area contributed by atoms with Crippen LogP contribution in [0.3, 0.4) is 0 Å². The van der Waals surface area contributed by atoms with Crippen LogP contribution in [0.25, 0.3) is 22.4 Å². The monoisotopic (exact) mass is 501 g/mol. The summed E-state index contributed by atoms with van der Waals surface area (Å²) in [5, 5.41) is 9.54. The molecule has 0 fully saturated rings. The number of benzene rings is 3. The second-order valence-corrected chi connectivity index (χ2v) is 9.53. The summed E-state index contributed by atoms with van der Waals surface area (Å²) >= 11 is 0. The average molecular weight is 502 g/mol. The molecule has 2 N–H and O–H groups in total. The Morgan fingerprint density at radius 2 is 1.60 bits per heavy atom. The highest BCUT2D eigenvalue weighted by molar-refractivity contribution is 7.89. The van der Waals surface area contributed by atoms with Gasteiger partial charge in [0.1, 0.15) is 11.4 Å². The Kier molecular flexibility index (Phi) is 6.44. The second-order valence-electron chi connectivity index (χ2n) is 7.97. The first kappa shape index (κ1) is 24.5. The number of rotatable bonds is 6. The van der Waals surface area contributed by atoms with E-state index >= 15 is 0 Å². The van der Waals surface area contributed by atoms with Gasteiger partial charge in [-0.05, 0) is 47.9 Å². The number of aromatic nitrogens is 2. The fourth-order valence-corrected chi connectivity index (χ4v) is 4.45. The van der Waals surface area contributed by atoms with Crippen LogP contribution in [0, 0.1) is 6.92 Å². The molecule has 6 nitrogen and oxygen atoms in total. The van der Waals surface area contributed by atoms with Gasteiger partial charge in [0, 0.05) is 11.1 Å². The fraction of sp³-hybridized carbons (Fsp3) is 0.160. The van der Waals surface area contributed by atoms with Gasteiger partial charge in [-0.2, -0.15) is 18.3 Å².